The van der Waals surface area contributed by atoms with Crippen LogP contribution in [0.15, 0.2) is 0 Å². The van der Waals surface area contributed by atoms with Crippen molar-refractivity contribution < 1.29 is 9.84 Å². The summed E-state index contributed by atoms with van der Waals surface area (Å²) in [7, 11) is 3.76. The highest BCUT2D eigenvalue weighted by Crippen LogP contribution is 2.00. The predicted molar refractivity (Wildman–Crippen MR) is 62.9 cm³/mol. The van der Waals surface area contributed by atoms with E-state index in [9.17, 15) is 0 Å². The zero-order chi connectivity index (χ0) is 11.5. The second kappa shape index (κ2) is 10.4. The molecule has 4 nitrogen and oxygen atoms in total. The third kappa shape index (κ3) is 10.1. The first-order valence-electron chi connectivity index (χ1n) is 5.74. The number of ether oxygens (including phenoxy) is 1. The average Bonchev–Trinajstić information content (AvgIpc) is 2.17. The topological polar surface area (TPSA) is 58.7 Å². The van der Waals surface area contributed by atoms with E-state index in [0.717, 1.165) is 25.9 Å². The van der Waals surface area contributed by atoms with Gasteiger partial charge >= 0.3 is 0 Å². The van der Waals surface area contributed by atoms with Crippen molar-refractivity contribution in [3.63, 3.8) is 0 Å². The SMILES string of the molecule is COCC(N)CN(C)CCCCCCO. The molecule has 0 saturated heterocycles. The van der Waals surface area contributed by atoms with E-state index in [2.05, 4.69) is 11.9 Å². The zero-order valence-electron chi connectivity index (χ0n) is 10.1. The number of methoxy groups -OCH3 is 1. The van der Waals surface area contributed by atoms with Crippen LogP contribution in [0.4, 0.5) is 0 Å². The van der Waals surface area contributed by atoms with Crippen molar-refractivity contribution in [3.8, 4) is 0 Å². The maximum absolute atomic E-state index is 8.61. The lowest BCUT2D eigenvalue weighted by Crippen LogP contribution is -2.38. The summed E-state index contributed by atoms with van der Waals surface area (Å²) >= 11 is 0. The standard InChI is InChI=1S/C11H26N2O2/c1-13(9-11(12)10-15-2)7-5-3-4-6-8-14/h11,14H,3-10,12H2,1-2H3. The second-order valence-electron chi connectivity index (χ2n) is 4.12. The molecule has 0 aromatic rings. The smallest absolute Gasteiger partial charge is 0.0626 e. The Labute approximate surface area is 93.4 Å². The van der Waals surface area contributed by atoms with E-state index in [4.69, 9.17) is 15.6 Å². The molecular formula is C11H26N2O2. The maximum atomic E-state index is 8.61. The molecule has 0 rings (SSSR count). The third-order valence-electron chi connectivity index (χ3n) is 2.37. The molecule has 0 aromatic heterocycles. The summed E-state index contributed by atoms with van der Waals surface area (Å²) in [6.07, 6.45) is 4.40. The van der Waals surface area contributed by atoms with Gasteiger partial charge in [0, 0.05) is 26.3 Å². The third-order valence-corrected chi connectivity index (χ3v) is 2.37. The fourth-order valence-corrected chi connectivity index (χ4v) is 1.61. The number of aliphatic hydroxyl groups is 1. The van der Waals surface area contributed by atoms with Crippen molar-refractivity contribution in [1.82, 2.24) is 4.90 Å². The summed E-state index contributed by atoms with van der Waals surface area (Å²) in [6, 6.07) is 0.109. The van der Waals surface area contributed by atoms with Crippen molar-refractivity contribution in [1.29, 1.82) is 0 Å². The Bertz CT molecular complexity index is 134. The molecule has 0 heterocycles. The van der Waals surface area contributed by atoms with Gasteiger partial charge in [0.1, 0.15) is 0 Å². The van der Waals surface area contributed by atoms with E-state index in [1.54, 1.807) is 7.11 Å². The van der Waals surface area contributed by atoms with Gasteiger partial charge in [-0.2, -0.15) is 0 Å². The molecule has 15 heavy (non-hydrogen) atoms. The maximum Gasteiger partial charge on any atom is 0.0626 e. The van der Waals surface area contributed by atoms with Crippen LogP contribution < -0.4 is 5.73 Å². The van der Waals surface area contributed by atoms with Crippen LogP contribution in [0.2, 0.25) is 0 Å². The fourth-order valence-electron chi connectivity index (χ4n) is 1.61. The molecule has 1 unspecified atom stereocenters. The number of unbranched alkanes of at least 4 members (excludes halogenated alkanes) is 3. The lowest BCUT2D eigenvalue weighted by molar-refractivity contribution is 0.160. The van der Waals surface area contributed by atoms with Gasteiger partial charge in [-0.15, -0.1) is 0 Å². The lowest BCUT2D eigenvalue weighted by atomic mass is 10.2. The first-order valence-corrected chi connectivity index (χ1v) is 5.74. The van der Waals surface area contributed by atoms with Gasteiger partial charge in [0.15, 0.2) is 0 Å². The van der Waals surface area contributed by atoms with Gasteiger partial charge in [0.2, 0.25) is 0 Å². The first kappa shape index (κ1) is 14.8. The molecule has 0 aliphatic carbocycles. The van der Waals surface area contributed by atoms with E-state index in [1.165, 1.54) is 12.8 Å². The molecule has 0 saturated carbocycles. The Morgan fingerprint density at radius 2 is 1.93 bits per heavy atom. The van der Waals surface area contributed by atoms with Gasteiger partial charge in [-0.05, 0) is 26.4 Å². The molecule has 0 amide bonds. The number of nitrogens with zero attached hydrogens (tertiary/aromatic N) is 1. The number of likely N-dealkylation sites (N-methyl/N-ethyl adjacent to an activating group) is 1. The van der Waals surface area contributed by atoms with Gasteiger partial charge in [0.25, 0.3) is 0 Å². The van der Waals surface area contributed by atoms with Crippen molar-refractivity contribution in [2.24, 2.45) is 5.73 Å². The largest absolute Gasteiger partial charge is 0.396 e. The van der Waals surface area contributed by atoms with Gasteiger partial charge in [0.05, 0.1) is 6.61 Å². The predicted octanol–water partition coefficient (Wildman–Crippen LogP) is 0.445. The fraction of sp³-hybridized carbons (Fsp3) is 1.00. The van der Waals surface area contributed by atoms with Crippen LogP contribution >= 0.6 is 0 Å². The molecule has 0 fully saturated rings. The van der Waals surface area contributed by atoms with E-state index in [0.29, 0.717) is 13.2 Å². The summed E-state index contributed by atoms with van der Waals surface area (Å²) in [5, 5.41) is 8.61. The van der Waals surface area contributed by atoms with Crippen LogP contribution in [0.1, 0.15) is 25.7 Å². The summed E-state index contributed by atoms with van der Waals surface area (Å²) in [4.78, 5) is 2.24. The van der Waals surface area contributed by atoms with Crippen molar-refractivity contribution in [2.75, 3.05) is 40.5 Å². The van der Waals surface area contributed by atoms with Gasteiger partial charge in [-0.1, -0.05) is 12.8 Å². The van der Waals surface area contributed by atoms with Crippen molar-refractivity contribution in [2.45, 2.75) is 31.7 Å². The number of rotatable bonds is 10. The van der Waals surface area contributed by atoms with Crippen LogP contribution in [0.5, 0.6) is 0 Å². The van der Waals surface area contributed by atoms with Gasteiger partial charge < -0.3 is 20.5 Å². The van der Waals surface area contributed by atoms with Crippen LogP contribution in [0.25, 0.3) is 0 Å². The molecule has 0 aliphatic heterocycles. The molecule has 0 spiro atoms. The molecule has 1 atom stereocenters. The highest BCUT2D eigenvalue weighted by Gasteiger charge is 2.05. The quantitative estimate of drug-likeness (QED) is 0.523. The van der Waals surface area contributed by atoms with E-state index in [-0.39, 0.29) is 6.04 Å². The van der Waals surface area contributed by atoms with Crippen molar-refractivity contribution in [3.05, 3.63) is 0 Å². The Kier molecular flexibility index (Phi) is 10.3. The molecule has 92 valence electrons. The molecule has 0 aromatic carbocycles. The summed E-state index contributed by atoms with van der Waals surface area (Å²) in [5.41, 5.74) is 5.84. The minimum Gasteiger partial charge on any atom is -0.396 e. The molecule has 0 radical (unpaired) electrons. The number of nitrogens with two attached hydrogens (primary N) is 1. The Morgan fingerprint density at radius 1 is 1.27 bits per heavy atom. The van der Waals surface area contributed by atoms with Crippen LogP contribution in [-0.2, 0) is 4.74 Å². The summed E-state index contributed by atoms with van der Waals surface area (Å²) < 4.78 is 4.98. The zero-order valence-corrected chi connectivity index (χ0v) is 10.1. The summed E-state index contributed by atoms with van der Waals surface area (Å²) in [6.45, 7) is 2.89. The second-order valence-corrected chi connectivity index (χ2v) is 4.12. The molecule has 4 heteroatoms. The highest BCUT2D eigenvalue weighted by atomic mass is 16.5. The highest BCUT2D eigenvalue weighted by molar-refractivity contribution is 4.64. The number of aliphatic hydroxyl groups excluding tert-OH is 1. The van der Waals surface area contributed by atoms with Gasteiger partial charge in [-0.25, -0.2) is 0 Å². The Hall–Kier alpha value is -0.160. The van der Waals surface area contributed by atoms with E-state index in [1.807, 2.05) is 0 Å². The number of hydrogen-bond acceptors (Lipinski definition) is 4. The van der Waals surface area contributed by atoms with Crippen LogP contribution in [0, 0.1) is 0 Å². The Balaban J connectivity index is 3.28. The minimum absolute atomic E-state index is 0.109. The molecule has 0 bridgehead atoms. The van der Waals surface area contributed by atoms with E-state index >= 15 is 0 Å². The summed E-state index contributed by atoms with van der Waals surface area (Å²) in [5.74, 6) is 0. The molecule has 0 aliphatic rings. The molecule has 3 N–H and O–H groups in total. The van der Waals surface area contributed by atoms with Crippen LogP contribution in [-0.4, -0.2) is 56.5 Å². The average molecular weight is 218 g/mol. The Morgan fingerprint density at radius 3 is 2.53 bits per heavy atom. The lowest BCUT2D eigenvalue weighted by Gasteiger charge is -2.20. The van der Waals surface area contributed by atoms with Gasteiger partial charge in [-0.3, -0.25) is 0 Å². The normalized spacial score (nSPS) is 13.4. The molecular weight excluding hydrogens is 192 g/mol. The monoisotopic (exact) mass is 218 g/mol. The van der Waals surface area contributed by atoms with Crippen molar-refractivity contribution >= 4 is 0 Å². The first-order chi connectivity index (χ1) is 7.20. The van der Waals surface area contributed by atoms with Crippen LogP contribution in [0.3, 0.4) is 0 Å². The minimum atomic E-state index is 0.109. The number of hydrogen-bond donors (Lipinski definition) is 2. The van der Waals surface area contributed by atoms with E-state index < -0.39 is 0 Å².